The van der Waals surface area contributed by atoms with Gasteiger partial charge in [-0.15, -0.1) is 0 Å². The molecule has 1 rings (SSSR count). The zero-order valence-corrected chi connectivity index (χ0v) is 12.1. The molecule has 17 heavy (non-hydrogen) atoms. The Bertz CT molecular complexity index is 210. The van der Waals surface area contributed by atoms with Gasteiger partial charge < -0.3 is 10.1 Å². The van der Waals surface area contributed by atoms with Crippen LogP contribution in [0.5, 0.6) is 0 Å². The maximum atomic E-state index is 5.66. The minimum Gasteiger partial charge on any atom is -0.380 e. The van der Waals surface area contributed by atoms with Gasteiger partial charge in [-0.05, 0) is 26.7 Å². The lowest BCUT2D eigenvalue weighted by atomic mass is 9.94. The maximum absolute atomic E-state index is 5.66. The number of nitrogens with zero attached hydrogens (tertiary/aromatic N) is 1. The first-order chi connectivity index (χ1) is 8.11. The molecule has 3 nitrogen and oxygen atoms in total. The van der Waals surface area contributed by atoms with Gasteiger partial charge in [-0.25, -0.2) is 0 Å². The summed E-state index contributed by atoms with van der Waals surface area (Å²) >= 11 is 0. The molecule has 3 heteroatoms. The van der Waals surface area contributed by atoms with Gasteiger partial charge in [0.05, 0.1) is 6.61 Å². The zero-order valence-electron chi connectivity index (χ0n) is 12.1. The van der Waals surface area contributed by atoms with Crippen LogP contribution in [-0.4, -0.2) is 49.3 Å². The van der Waals surface area contributed by atoms with Gasteiger partial charge in [0.1, 0.15) is 0 Å². The normalized spacial score (nSPS) is 30.7. The van der Waals surface area contributed by atoms with E-state index in [9.17, 15) is 0 Å². The second-order valence-electron chi connectivity index (χ2n) is 5.58. The van der Waals surface area contributed by atoms with E-state index in [0.29, 0.717) is 6.04 Å². The van der Waals surface area contributed by atoms with Crippen LogP contribution in [0.2, 0.25) is 0 Å². The third-order valence-electron chi connectivity index (χ3n) is 3.95. The fourth-order valence-corrected chi connectivity index (χ4v) is 2.25. The first-order valence-electron chi connectivity index (χ1n) is 7.18. The largest absolute Gasteiger partial charge is 0.380 e. The Morgan fingerprint density at radius 3 is 2.76 bits per heavy atom. The van der Waals surface area contributed by atoms with Crippen LogP contribution in [-0.2, 0) is 4.74 Å². The molecule has 0 amide bonds. The van der Waals surface area contributed by atoms with E-state index in [0.717, 1.165) is 32.8 Å². The lowest BCUT2D eigenvalue weighted by Gasteiger charge is -2.45. The first kappa shape index (κ1) is 14.9. The highest BCUT2D eigenvalue weighted by atomic mass is 16.5. The quantitative estimate of drug-likeness (QED) is 0.693. The van der Waals surface area contributed by atoms with Crippen molar-refractivity contribution in [3.63, 3.8) is 0 Å². The molecule has 0 bridgehead atoms. The molecule has 102 valence electrons. The maximum Gasteiger partial charge on any atom is 0.0593 e. The van der Waals surface area contributed by atoms with Gasteiger partial charge in [0, 0.05) is 37.8 Å². The van der Waals surface area contributed by atoms with Crippen molar-refractivity contribution in [2.45, 2.75) is 58.5 Å². The summed E-state index contributed by atoms with van der Waals surface area (Å²) in [5, 5.41) is 3.65. The van der Waals surface area contributed by atoms with Gasteiger partial charge in [-0.3, -0.25) is 4.90 Å². The monoisotopic (exact) mass is 242 g/mol. The molecule has 0 saturated carbocycles. The summed E-state index contributed by atoms with van der Waals surface area (Å²) in [7, 11) is 0. The molecule has 0 radical (unpaired) electrons. The molecule has 1 saturated heterocycles. The van der Waals surface area contributed by atoms with Crippen molar-refractivity contribution in [2.24, 2.45) is 0 Å². The molecule has 0 aromatic carbocycles. The van der Waals surface area contributed by atoms with Crippen LogP contribution in [0.15, 0.2) is 0 Å². The average molecular weight is 242 g/mol. The van der Waals surface area contributed by atoms with Gasteiger partial charge in [0.2, 0.25) is 0 Å². The summed E-state index contributed by atoms with van der Waals surface area (Å²) in [4.78, 5) is 2.56. The van der Waals surface area contributed by atoms with E-state index in [1.807, 2.05) is 0 Å². The summed E-state index contributed by atoms with van der Waals surface area (Å²) in [6, 6.07) is 0.629. The smallest absolute Gasteiger partial charge is 0.0593 e. The second kappa shape index (κ2) is 7.34. The highest BCUT2D eigenvalue weighted by molar-refractivity contribution is 4.92. The molecule has 1 aliphatic rings. The molecule has 0 spiro atoms. The van der Waals surface area contributed by atoms with Crippen LogP contribution in [0.4, 0.5) is 0 Å². The first-order valence-corrected chi connectivity index (χ1v) is 7.18. The Balaban J connectivity index is 2.25. The summed E-state index contributed by atoms with van der Waals surface area (Å²) in [5.41, 5.74) is 0.288. The Morgan fingerprint density at radius 2 is 2.12 bits per heavy atom. The van der Waals surface area contributed by atoms with Crippen molar-refractivity contribution in [3.05, 3.63) is 0 Å². The Morgan fingerprint density at radius 1 is 1.35 bits per heavy atom. The SMILES string of the molecule is CCCCOCCN1CC(C)(CC)NCC1C. The van der Waals surface area contributed by atoms with E-state index < -0.39 is 0 Å². The summed E-state index contributed by atoms with van der Waals surface area (Å²) in [5.74, 6) is 0. The van der Waals surface area contributed by atoms with Gasteiger partial charge in [-0.1, -0.05) is 20.3 Å². The fraction of sp³-hybridized carbons (Fsp3) is 1.00. The third-order valence-corrected chi connectivity index (χ3v) is 3.95. The van der Waals surface area contributed by atoms with E-state index in [4.69, 9.17) is 4.74 Å². The standard InChI is InChI=1S/C14H30N2O/c1-5-7-9-17-10-8-16-12-14(4,6-2)15-11-13(16)3/h13,15H,5-12H2,1-4H3. The number of rotatable bonds is 7. The lowest BCUT2D eigenvalue weighted by Crippen LogP contribution is -2.62. The molecule has 0 aliphatic carbocycles. The molecule has 1 heterocycles. The predicted molar refractivity (Wildman–Crippen MR) is 73.5 cm³/mol. The van der Waals surface area contributed by atoms with Crippen LogP contribution < -0.4 is 5.32 Å². The number of ether oxygens (including phenoxy) is 1. The average Bonchev–Trinajstić information content (AvgIpc) is 2.33. The van der Waals surface area contributed by atoms with E-state index >= 15 is 0 Å². The molecule has 2 unspecified atom stereocenters. The van der Waals surface area contributed by atoms with Gasteiger partial charge >= 0.3 is 0 Å². The summed E-state index contributed by atoms with van der Waals surface area (Å²) in [6.07, 6.45) is 3.59. The van der Waals surface area contributed by atoms with E-state index in [-0.39, 0.29) is 5.54 Å². The Labute approximate surface area is 107 Å². The Kier molecular flexibility index (Phi) is 6.45. The van der Waals surface area contributed by atoms with E-state index in [1.54, 1.807) is 0 Å². The number of hydrogen-bond donors (Lipinski definition) is 1. The van der Waals surface area contributed by atoms with Crippen LogP contribution in [0.25, 0.3) is 0 Å². The predicted octanol–water partition coefficient (Wildman–Crippen LogP) is 2.27. The van der Waals surface area contributed by atoms with E-state index in [2.05, 4.69) is 37.9 Å². The number of unbranched alkanes of at least 4 members (excludes halogenated alkanes) is 1. The van der Waals surface area contributed by atoms with Gasteiger partial charge in [0.15, 0.2) is 0 Å². The zero-order chi connectivity index (χ0) is 12.7. The van der Waals surface area contributed by atoms with Crippen LogP contribution >= 0.6 is 0 Å². The minimum absolute atomic E-state index is 0.288. The molecule has 1 aliphatic heterocycles. The van der Waals surface area contributed by atoms with Crippen molar-refractivity contribution in [1.29, 1.82) is 0 Å². The van der Waals surface area contributed by atoms with Crippen molar-refractivity contribution < 1.29 is 4.74 Å². The Hall–Kier alpha value is -0.120. The molecule has 1 fully saturated rings. The fourth-order valence-electron chi connectivity index (χ4n) is 2.25. The molecular formula is C14H30N2O. The number of nitrogens with one attached hydrogen (secondary N) is 1. The summed E-state index contributed by atoms with van der Waals surface area (Å²) in [6.45, 7) is 14.2. The third kappa shape index (κ3) is 4.94. The van der Waals surface area contributed by atoms with Crippen molar-refractivity contribution in [2.75, 3.05) is 32.8 Å². The van der Waals surface area contributed by atoms with Crippen LogP contribution in [0, 0.1) is 0 Å². The van der Waals surface area contributed by atoms with Crippen molar-refractivity contribution in [1.82, 2.24) is 10.2 Å². The van der Waals surface area contributed by atoms with Gasteiger partial charge in [-0.2, -0.15) is 0 Å². The molecule has 0 aromatic heterocycles. The van der Waals surface area contributed by atoms with Gasteiger partial charge in [0.25, 0.3) is 0 Å². The van der Waals surface area contributed by atoms with E-state index in [1.165, 1.54) is 19.3 Å². The topological polar surface area (TPSA) is 24.5 Å². The van der Waals surface area contributed by atoms with Crippen molar-refractivity contribution in [3.8, 4) is 0 Å². The van der Waals surface area contributed by atoms with Crippen molar-refractivity contribution >= 4 is 0 Å². The molecule has 0 aromatic rings. The number of piperazine rings is 1. The number of hydrogen-bond acceptors (Lipinski definition) is 3. The second-order valence-corrected chi connectivity index (χ2v) is 5.58. The minimum atomic E-state index is 0.288. The molecule has 2 atom stereocenters. The summed E-state index contributed by atoms with van der Waals surface area (Å²) < 4.78 is 5.66. The lowest BCUT2D eigenvalue weighted by molar-refractivity contribution is 0.0486. The van der Waals surface area contributed by atoms with Crippen LogP contribution in [0.3, 0.4) is 0 Å². The van der Waals surface area contributed by atoms with Crippen LogP contribution in [0.1, 0.15) is 47.0 Å². The molecule has 1 N–H and O–H groups in total. The molecular weight excluding hydrogens is 212 g/mol. The highest BCUT2D eigenvalue weighted by Crippen LogP contribution is 2.18. The highest BCUT2D eigenvalue weighted by Gasteiger charge is 2.31.